The minimum Gasteiger partial charge on any atom is -0.494 e. The van der Waals surface area contributed by atoms with Gasteiger partial charge in [0.25, 0.3) is 0 Å². The second-order valence-electron chi connectivity index (χ2n) is 4.18. The molecule has 0 amide bonds. The number of aryl methyl sites for hydroxylation is 1. The molecule has 0 saturated heterocycles. The molecule has 0 bridgehead atoms. The minimum atomic E-state index is -0.970. The maximum atomic E-state index is 11.4. The van der Waals surface area contributed by atoms with Gasteiger partial charge in [-0.3, -0.25) is 0 Å². The molecule has 4 nitrogen and oxygen atoms in total. The lowest BCUT2D eigenvalue weighted by atomic mass is 10.1. The minimum absolute atomic E-state index is 0.236. The first kappa shape index (κ1) is 13.0. The summed E-state index contributed by atoms with van der Waals surface area (Å²) >= 11 is 0. The Morgan fingerprint density at radius 2 is 2.26 bits per heavy atom. The second kappa shape index (κ2) is 5.07. The molecular weight excluding hydrogens is 242 g/mol. The fourth-order valence-electron chi connectivity index (χ4n) is 2.29. The molecule has 0 saturated carbocycles. The van der Waals surface area contributed by atoms with Gasteiger partial charge >= 0.3 is 5.97 Å². The zero-order valence-electron chi connectivity index (χ0n) is 10.9. The fraction of sp³-hybridized carbons (Fsp3) is 0.267. The van der Waals surface area contributed by atoms with Crippen LogP contribution in [0.1, 0.15) is 23.0 Å². The summed E-state index contributed by atoms with van der Waals surface area (Å²) in [7, 11) is 0. The van der Waals surface area contributed by atoms with Crippen molar-refractivity contribution < 1.29 is 14.6 Å². The smallest absolute Gasteiger partial charge is 0.352 e. The molecule has 2 rings (SSSR count). The molecule has 4 heteroatoms. The fourth-order valence-corrected chi connectivity index (χ4v) is 2.29. The van der Waals surface area contributed by atoms with Gasteiger partial charge in [-0.15, -0.1) is 6.42 Å². The van der Waals surface area contributed by atoms with Gasteiger partial charge < -0.3 is 14.4 Å². The van der Waals surface area contributed by atoms with Crippen LogP contribution in [-0.4, -0.2) is 22.2 Å². The topological polar surface area (TPSA) is 51.5 Å². The van der Waals surface area contributed by atoms with Crippen LogP contribution in [0.5, 0.6) is 5.75 Å². The first-order chi connectivity index (χ1) is 9.10. The summed E-state index contributed by atoms with van der Waals surface area (Å²) in [6, 6.07) is 5.52. The SMILES string of the molecule is C#CCn1c(C(=O)O)c(C)c2cc(OCC)ccc21. The highest BCUT2D eigenvalue weighted by molar-refractivity contribution is 5.98. The third kappa shape index (κ3) is 2.15. The van der Waals surface area contributed by atoms with E-state index in [9.17, 15) is 9.90 Å². The number of rotatable bonds is 4. The lowest BCUT2D eigenvalue weighted by molar-refractivity contribution is 0.0685. The van der Waals surface area contributed by atoms with Crippen molar-refractivity contribution in [3.63, 3.8) is 0 Å². The lowest BCUT2D eigenvalue weighted by Gasteiger charge is -2.05. The Kier molecular flexibility index (Phi) is 3.48. The molecule has 0 aliphatic carbocycles. The third-order valence-corrected chi connectivity index (χ3v) is 3.05. The number of carboxylic acids is 1. The maximum Gasteiger partial charge on any atom is 0.352 e. The van der Waals surface area contributed by atoms with Gasteiger partial charge in [-0.1, -0.05) is 5.92 Å². The number of fused-ring (bicyclic) bond motifs is 1. The maximum absolute atomic E-state index is 11.4. The quantitative estimate of drug-likeness (QED) is 0.857. The predicted octanol–water partition coefficient (Wildman–Crippen LogP) is 2.68. The predicted molar refractivity (Wildman–Crippen MR) is 73.6 cm³/mol. The first-order valence-corrected chi connectivity index (χ1v) is 6.02. The summed E-state index contributed by atoms with van der Waals surface area (Å²) in [5.74, 6) is 2.25. The molecule has 0 radical (unpaired) electrons. The average Bonchev–Trinajstić information content (AvgIpc) is 2.64. The monoisotopic (exact) mass is 257 g/mol. The Labute approximate surface area is 111 Å². The normalized spacial score (nSPS) is 10.4. The van der Waals surface area contributed by atoms with Crippen LogP contribution in [-0.2, 0) is 6.54 Å². The van der Waals surface area contributed by atoms with Crippen LogP contribution in [0.4, 0.5) is 0 Å². The molecule has 98 valence electrons. The molecule has 2 aromatic rings. The van der Waals surface area contributed by atoms with E-state index in [1.807, 2.05) is 25.1 Å². The van der Waals surface area contributed by atoms with Crippen molar-refractivity contribution in [2.24, 2.45) is 0 Å². The summed E-state index contributed by atoms with van der Waals surface area (Å²) < 4.78 is 7.08. The molecular formula is C15H15NO3. The van der Waals surface area contributed by atoms with E-state index in [2.05, 4.69) is 5.92 Å². The highest BCUT2D eigenvalue weighted by atomic mass is 16.5. The molecule has 0 aliphatic heterocycles. The van der Waals surface area contributed by atoms with Crippen molar-refractivity contribution >= 4 is 16.9 Å². The second-order valence-corrected chi connectivity index (χ2v) is 4.18. The van der Waals surface area contributed by atoms with E-state index < -0.39 is 5.97 Å². The molecule has 0 unspecified atom stereocenters. The zero-order valence-corrected chi connectivity index (χ0v) is 10.9. The van der Waals surface area contributed by atoms with Crippen molar-refractivity contribution in [3.8, 4) is 18.1 Å². The van der Waals surface area contributed by atoms with Crippen molar-refractivity contribution in [2.45, 2.75) is 20.4 Å². The van der Waals surface area contributed by atoms with E-state index >= 15 is 0 Å². The third-order valence-electron chi connectivity index (χ3n) is 3.05. The van der Waals surface area contributed by atoms with Crippen LogP contribution in [0.2, 0.25) is 0 Å². The van der Waals surface area contributed by atoms with Crippen molar-refractivity contribution in [1.29, 1.82) is 0 Å². The highest BCUT2D eigenvalue weighted by Crippen LogP contribution is 2.29. The van der Waals surface area contributed by atoms with Crippen LogP contribution < -0.4 is 4.74 Å². The number of aromatic nitrogens is 1. The van der Waals surface area contributed by atoms with Crippen LogP contribution in [0, 0.1) is 19.3 Å². The molecule has 0 aliphatic rings. The van der Waals surface area contributed by atoms with E-state index in [0.717, 1.165) is 16.7 Å². The van der Waals surface area contributed by atoms with Crippen LogP contribution in [0.3, 0.4) is 0 Å². The zero-order chi connectivity index (χ0) is 14.0. The number of carbonyl (C=O) groups is 1. The first-order valence-electron chi connectivity index (χ1n) is 6.02. The van der Waals surface area contributed by atoms with Gasteiger partial charge in [0.2, 0.25) is 0 Å². The Hall–Kier alpha value is -2.41. The van der Waals surface area contributed by atoms with Crippen molar-refractivity contribution in [2.75, 3.05) is 6.61 Å². The number of hydrogen-bond acceptors (Lipinski definition) is 2. The van der Waals surface area contributed by atoms with E-state index in [1.165, 1.54) is 0 Å². The van der Waals surface area contributed by atoms with Gasteiger partial charge in [0, 0.05) is 5.39 Å². The summed E-state index contributed by atoms with van der Waals surface area (Å²) in [6.45, 7) is 4.50. The van der Waals surface area contributed by atoms with Gasteiger partial charge in [-0.25, -0.2) is 4.79 Å². The summed E-state index contributed by atoms with van der Waals surface area (Å²) in [6.07, 6.45) is 5.32. The number of aromatic carboxylic acids is 1. The van der Waals surface area contributed by atoms with Crippen LogP contribution >= 0.6 is 0 Å². The molecule has 0 fully saturated rings. The summed E-state index contributed by atoms with van der Waals surface area (Å²) in [5.41, 5.74) is 1.76. The summed E-state index contributed by atoms with van der Waals surface area (Å²) in [5, 5.41) is 10.2. The van der Waals surface area contributed by atoms with Crippen LogP contribution in [0.15, 0.2) is 18.2 Å². The number of nitrogens with zero attached hydrogens (tertiary/aromatic N) is 1. The van der Waals surface area contributed by atoms with E-state index in [4.69, 9.17) is 11.2 Å². The Morgan fingerprint density at radius 1 is 1.53 bits per heavy atom. The van der Waals surface area contributed by atoms with Crippen LogP contribution in [0.25, 0.3) is 10.9 Å². The Balaban J connectivity index is 2.73. The number of ether oxygens (including phenoxy) is 1. The number of hydrogen-bond donors (Lipinski definition) is 1. The average molecular weight is 257 g/mol. The Bertz CT molecular complexity index is 677. The van der Waals surface area contributed by atoms with Gasteiger partial charge in [0.15, 0.2) is 0 Å². The molecule has 1 N–H and O–H groups in total. The van der Waals surface area contributed by atoms with Gasteiger partial charge in [0.05, 0.1) is 18.7 Å². The summed E-state index contributed by atoms with van der Waals surface area (Å²) in [4.78, 5) is 11.4. The Morgan fingerprint density at radius 3 is 2.84 bits per heavy atom. The van der Waals surface area contributed by atoms with E-state index in [-0.39, 0.29) is 12.2 Å². The largest absolute Gasteiger partial charge is 0.494 e. The number of terminal acetylenes is 1. The molecule has 0 atom stereocenters. The number of carboxylic acid groups (broad SMARTS) is 1. The lowest BCUT2D eigenvalue weighted by Crippen LogP contribution is -2.08. The highest BCUT2D eigenvalue weighted by Gasteiger charge is 2.19. The van der Waals surface area contributed by atoms with E-state index in [1.54, 1.807) is 11.5 Å². The molecule has 1 heterocycles. The number of benzene rings is 1. The molecule has 0 spiro atoms. The standard InChI is InChI=1S/C15H15NO3/c1-4-8-16-13-7-6-11(19-5-2)9-12(13)10(3)14(16)15(17)18/h1,6-7,9H,5,8H2,2-3H3,(H,17,18). The molecule has 19 heavy (non-hydrogen) atoms. The van der Waals surface area contributed by atoms with Gasteiger partial charge in [-0.2, -0.15) is 0 Å². The molecule has 1 aromatic heterocycles. The van der Waals surface area contributed by atoms with Gasteiger partial charge in [0.1, 0.15) is 11.4 Å². The van der Waals surface area contributed by atoms with E-state index in [0.29, 0.717) is 12.2 Å². The van der Waals surface area contributed by atoms with Crippen molar-refractivity contribution in [1.82, 2.24) is 4.57 Å². The molecule has 1 aromatic carbocycles. The van der Waals surface area contributed by atoms with Crippen molar-refractivity contribution in [3.05, 3.63) is 29.5 Å². The van der Waals surface area contributed by atoms with Gasteiger partial charge in [-0.05, 0) is 37.6 Å².